The maximum Gasteiger partial charge on any atom is 0.262 e. The van der Waals surface area contributed by atoms with Gasteiger partial charge in [0.15, 0.2) is 0 Å². The van der Waals surface area contributed by atoms with Crippen LogP contribution in [0.4, 0.5) is 0 Å². The Kier molecular flexibility index (Phi) is 3.68. The van der Waals surface area contributed by atoms with E-state index in [9.17, 15) is 4.79 Å². The van der Waals surface area contributed by atoms with Crippen LogP contribution in [-0.4, -0.2) is 19.1 Å². The second-order valence-corrected chi connectivity index (χ2v) is 6.50. The van der Waals surface area contributed by atoms with Crippen LogP contribution in [0.25, 0.3) is 0 Å². The van der Waals surface area contributed by atoms with Crippen LogP contribution in [0, 0.1) is 0 Å². The molecule has 19 heavy (non-hydrogen) atoms. The van der Waals surface area contributed by atoms with Gasteiger partial charge in [-0.1, -0.05) is 12.1 Å². The van der Waals surface area contributed by atoms with E-state index in [0.29, 0.717) is 13.2 Å². The Labute approximate surface area is 120 Å². The lowest BCUT2D eigenvalue weighted by molar-refractivity contribution is 0.0359. The van der Waals surface area contributed by atoms with Crippen LogP contribution in [0.15, 0.2) is 35.0 Å². The van der Waals surface area contributed by atoms with E-state index in [1.807, 2.05) is 23.6 Å². The number of hydrogen-bond donors (Lipinski definition) is 1. The van der Waals surface area contributed by atoms with Gasteiger partial charge in [0.1, 0.15) is 0 Å². The van der Waals surface area contributed by atoms with Crippen LogP contribution >= 0.6 is 22.7 Å². The molecule has 3 nitrogen and oxygen atoms in total. The Hall–Kier alpha value is -1.17. The summed E-state index contributed by atoms with van der Waals surface area (Å²) >= 11 is 3.18. The van der Waals surface area contributed by atoms with Crippen molar-refractivity contribution in [3.63, 3.8) is 0 Å². The molecule has 2 aromatic rings. The first kappa shape index (κ1) is 12.8. The molecule has 1 N–H and O–H groups in total. The fourth-order valence-corrected chi connectivity index (χ4v) is 3.95. The first-order valence-electron chi connectivity index (χ1n) is 6.28. The fourth-order valence-electron chi connectivity index (χ4n) is 2.39. The third-order valence-electron chi connectivity index (χ3n) is 3.44. The van der Waals surface area contributed by atoms with Crippen molar-refractivity contribution in [3.05, 3.63) is 44.8 Å². The molecule has 0 bridgehead atoms. The summed E-state index contributed by atoms with van der Waals surface area (Å²) in [5, 5.41) is 7.23. The highest BCUT2D eigenvalue weighted by molar-refractivity contribution is 7.12. The normalized spacial score (nSPS) is 18.1. The molecule has 3 heterocycles. The molecule has 0 unspecified atom stereocenters. The molecule has 3 rings (SSSR count). The minimum absolute atomic E-state index is 0.0188. The van der Waals surface area contributed by atoms with E-state index in [2.05, 4.69) is 16.8 Å². The number of carbonyl (C=O) groups excluding carboxylic acids is 1. The Bertz CT molecular complexity index is 528. The van der Waals surface area contributed by atoms with Crippen LogP contribution in [0.5, 0.6) is 0 Å². The van der Waals surface area contributed by atoms with Gasteiger partial charge in [-0.05, 0) is 35.7 Å². The Morgan fingerprint density at radius 2 is 1.89 bits per heavy atom. The number of thiophene rings is 2. The summed E-state index contributed by atoms with van der Waals surface area (Å²) in [5.41, 5.74) is -0.256. The average molecular weight is 293 g/mol. The van der Waals surface area contributed by atoms with Gasteiger partial charge < -0.3 is 10.1 Å². The van der Waals surface area contributed by atoms with Gasteiger partial charge in [-0.3, -0.25) is 4.79 Å². The number of hydrogen-bond acceptors (Lipinski definition) is 4. The summed E-state index contributed by atoms with van der Waals surface area (Å²) in [7, 11) is 0. The molecule has 0 atom stereocenters. The van der Waals surface area contributed by atoms with Gasteiger partial charge >= 0.3 is 0 Å². The zero-order chi connectivity index (χ0) is 13.1. The van der Waals surface area contributed by atoms with Crippen molar-refractivity contribution in [1.29, 1.82) is 0 Å². The topological polar surface area (TPSA) is 38.3 Å². The summed E-state index contributed by atoms with van der Waals surface area (Å²) in [6.07, 6.45) is 1.68. The van der Waals surface area contributed by atoms with E-state index in [4.69, 9.17) is 4.74 Å². The van der Waals surface area contributed by atoms with Gasteiger partial charge in [-0.15, -0.1) is 22.7 Å². The molecule has 0 radical (unpaired) electrons. The van der Waals surface area contributed by atoms with Crippen molar-refractivity contribution in [2.75, 3.05) is 13.2 Å². The highest BCUT2D eigenvalue weighted by atomic mass is 32.1. The molecular weight excluding hydrogens is 278 g/mol. The maximum absolute atomic E-state index is 12.3. The first-order chi connectivity index (χ1) is 9.30. The van der Waals surface area contributed by atoms with Crippen LogP contribution in [0.3, 0.4) is 0 Å². The predicted octanol–water partition coefficient (Wildman–Crippen LogP) is 3.25. The molecule has 1 fully saturated rings. The molecular formula is C14H15NO2S2. The molecule has 1 aliphatic rings. The third kappa shape index (κ3) is 2.59. The standard InChI is InChI=1S/C14H15NO2S2/c16-13(11-3-1-9-18-11)15-14(5-7-17-8-6-14)12-4-2-10-19-12/h1-4,9-10H,5-8H2,(H,15,16). The van der Waals surface area contributed by atoms with Crippen LogP contribution in [-0.2, 0) is 10.3 Å². The predicted molar refractivity (Wildman–Crippen MR) is 77.8 cm³/mol. The van der Waals surface area contributed by atoms with E-state index in [0.717, 1.165) is 17.7 Å². The molecule has 1 aliphatic heterocycles. The molecule has 0 aromatic carbocycles. The van der Waals surface area contributed by atoms with Gasteiger partial charge in [-0.2, -0.15) is 0 Å². The lowest BCUT2D eigenvalue weighted by atomic mass is 9.88. The number of nitrogens with one attached hydrogen (secondary N) is 1. The van der Waals surface area contributed by atoms with Crippen molar-refractivity contribution in [2.45, 2.75) is 18.4 Å². The summed E-state index contributed by atoms with van der Waals surface area (Å²) < 4.78 is 5.45. The molecule has 0 aliphatic carbocycles. The first-order valence-corrected chi connectivity index (χ1v) is 8.04. The molecule has 2 aromatic heterocycles. The summed E-state index contributed by atoms with van der Waals surface area (Å²) in [5.74, 6) is 0.0188. The monoisotopic (exact) mass is 293 g/mol. The quantitative estimate of drug-likeness (QED) is 0.943. The molecule has 0 spiro atoms. The summed E-state index contributed by atoms with van der Waals surface area (Å²) in [4.78, 5) is 14.3. The fraction of sp³-hybridized carbons (Fsp3) is 0.357. The third-order valence-corrected chi connectivity index (χ3v) is 5.38. The SMILES string of the molecule is O=C(NC1(c2cccs2)CCOCC1)c1cccs1. The molecule has 1 amide bonds. The number of ether oxygens (including phenoxy) is 1. The minimum Gasteiger partial charge on any atom is -0.381 e. The van der Waals surface area contributed by atoms with Gasteiger partial charge in [0.2, 0.25) is 0 Å². The number of rotatable bonds is 3. The van der Waals surface area contributed by atoms with Crippen molar-refractivity contribution < 1.29 is 9.53 Å². The van der Waals surface area contributed by atoms with Gasteiger partial charge in [0, 0.05) is 18.1 Å². The highest BCUT2D eigenvalue weighted by Gasteiger charge is 2.37. The van der Waals surface area contributed by atoms with Gasteiger partial charge in [0.05, 0.1) is 10.4 Å². The summed E-state index contributed by atoms with van der Waals surface area (Å²) in [6, 6.07) is 7.90. The molecule has 0 saturated carbocycles. The highest BCUT2D eigenvalue weighted by Crippen LogP contribution is 2.35. The Balaban J connectivity index is 1.86. The van der Waals surface area contributed by atoms with Gasteiger partial charge in [-0.25, -0.2) is 0 Å². The zero-order valence-corrected chi connectivity index (χ0v) is 12.1. The second-order valence-electron chi connectivity index (χ2n) is 4.60. The molecule has 5 heteroatoms. The van der Waals surface area contributed by atoms with Crippen LogP contribution in [0.1, 0.15) is 27.4 Å². The Morgan fingerprint density at radius 3 is 2.53 bits per heavy atom. The summed E-state index contributed by atoms with van der Waals surface area (Å²) in [6.45, 7) is 1.39. The Morgan fingerprint density at radius 1 is 1.16 bits per heavy atom. The van der Waals surface area contributed by atoms with Crippen molar-refractivity contribution in [1.82, 2.24) is 5.32 Å². The second kappa shape index (κ2) is 5.45. The van der Waals surface area contributed by atoms with E-state index in [1.165, 1.54) is 16.2 Å². The van der Waals surface area contributed by atoms with Crippen molar-refractivity contribution >= 4 is 28.6 Å². The molecule has 1 saturated heterocycles. The number of amides is 1. The molecule has 100 valence electrons. The number of carbonyl (C=O) groups is 1. The van der Waals surface area contributed by atoms with Crippen molar-refractivity contribution in [2.24, 2.45) is 0 Å². The van der Waals surface area contributed by atoms with Crippen LogP contribution in [0.2, 0.25) is 0 Å². The lowest BCUT2D eigenvalue weighted by Gasteiger charge is -2.37. The smallest absolute Gasteiger partial charge is 0.262 e. The maximum atomic E-state index is 12.3. The largest absolute Gasteiger partial charge is 0.381 e. The van der Waals surface area contributed by atoms with Crippen molar-refractivity contribution in [3.8, 4) is 0 Å². The van der Waals surface area contributed by atoms with E-state index in [1.54, 1.807) is 11.3 Å². The van der Waals surface area contributed by atoms with E-state index in [-0.39, 0.29) is 11.4 Å². The lowest BCUT2D eigenvalue weighted by Crippen LogP contribution is -2.48. The van der Waals surface area contributed by atoms with Gasteiger partial charge in [0.25, 0.3) is 5.91 Å². The average Bonchev–Trinajstić information content (AvgIpc) is 3.13. The van der Waals surface area contributed by atoms with E-state index >= 15 is 0 Å². The zero-order valence-electron chi connectivity index (χ0n) is 10.4. The van der Waals surface area contributed by atoms with E-state index < -0.39 is 0 Å². The van der Waals surface area contributed by atoms with Crippen LogP contribution < -0.4 is 5.32 Å². The minimum atomic E-state index is -0.256.